The molecule has 39 heavy (non-hydrogen) atoms. The average molecular weight is 533 g/mol. The molecule has 3 aromatic rings. The number of benzene rings is 1. The van der Waals surface area contributed by atoms with Crippen molar-refractivity contribution in [3.63, 3.8) is 0 Å². The third kappa shape index (κ3) is 6.45. The summed E-state index contributed by atoms with van der Waals surface area (Å²) in [7, 11) is 3.82. The highest BCUT2D eigenvalue weighted by Crippen LogP contribution is 2.28. The number of carbonyl (C=O) groups excluding carboxylic acids is 1. The van der Waals surface area contributed by atoms with Crippen LogP contribution in [-0.4, -0.2) is 115 Å². The minimum absolute atomic E-state index is 0.0920. The van der Waals surface area contributed by atoms with Crippen molar-refractivity contribution < 1.29 is 9.53 Å². The van der Waals surface area contributed by atoms with Crippen molar-refractivity contribution in [1.82, 2.24) is 29.2 Å². The molecule has 0 radical (unpaired) electrons. The first-order chi connectivity index (χ1) is 18.9. The molecule has 0 bridgehead atoms. The summed E-state index contributed by atoms with van der Waals surface area (Å²) in [5.41, 5.74) is 6.21. The molecule has 1 amide bonds. The van der Waals surface area contributed by atoms with Gasteiger partial charge in [0.25, 0.3) is 5.91 Å². The van der Waals surface area contributed by atoms with E-state index in [-0.39, 0.29) is 5.91 Å². The summed E-state index contributed by atoms with van der Waals surface area (Å²) >= 11 is 0. The number of nitrogens with zero attached hydrogens (tertiary/aromatic N) is 6. The number of piperazine rings is 2. The molecule has 210 valence electrons. The fourth-order valence-electron chi connectivity index (χ4n) is 5.99. The van der Waals surface area contributed by atoms with Gasteiger partial charge in [0, 0.05) is 77.2 Å². The average Bonchev–Trinajstić information content (AvgIpc) is 3.23. The second-order valence-corrected chi connectivity index (χ2v) is 11.2. The van der Waals surface area contributed by atoms with Crippen molar-refractivity contribution in [3.05, 3.63) is 58.8 Å². The number of aryl methyl sites for hydroxylation is 2. The molecule has 2 fully saturated rings. The zero-order valence-corrected chi connectivity index (χ0v) is 24.2. The predicted octanol–water partition coefficient (Wildman–Crippen LogP) is 3.30. The first-order valence-electron chi connectivity index (χ1n) is 14.4. The van der Waals surface area contributed by atoms with Gasteiger partial charge in [-0.2, -0.15) is 0 Å². The molecule has 0 spiro atoms. The van der Waals surface area contributed by atoms with Gasteiger partial charge in [0.1, 0.15) is 5.52 Å². The standard InChI is InChI=1S/C31H44N6O2/c1-24-7-5-8-26(23-24)11-14-35-19-21-36(22-20-35)31(38)29-25(2)37(27-9-10-28(39-4)32-30(27)29)13-6-12-34-17-15-33(3)16-18-34/h5,7-10,23H,6,11-22H2,1-4H3. The second-order valence-electron chi connectivity index (χ2n) is 11.2. The van der Waals surface area contributed by atoms with Gasteiger partial charge in [-0.05, 0) is 51.9 Å². The Bertz CT molecular complexity index is 1270. The SMILES string of the molecule is COc1ccc2c(n1)c(C(=O)N1CCN(CCc3cccc(C)c3)CC1)c(C)n2CCCN1CCN(C)CC1. The van der Waals surface area contributed by atoms with Crippen molar-refractivity contribution in [1.29, 1.82) is 0 Å². The second kappa shape index (κ2) is 12.5. The highest BCUT2D eigenvalue weighted by molar-refractivity contribution is 6.07. The third-order valence-electron chi connectivity index (χ3n) is 8.48. The number of amides is 1. The van der Waals surface area contributed by atoms with Crippen LogP contribution in [-0.2, 0) is 13.0 Å². The molecule has 0 saturated carbocycles. The van der Waals surface area contributed by atoms with Gasteiger partial charge < -0.3 is 24.0 Å². The first kappa shape index (κ1) is 27.6. The fourth-order valence-corrected chi connectivity index (χ4v) is 5.99. The van der Waals surface area contributed by atoms with Gasteiger partial charge in [-0.1, -0.05) is 29.8 Å². The number of methoxy groups -OCH3 is 1. The number of rotatable bonds is 9. The summed E-state index contributed by atoms with van der Waals surface area (Å²) in [6, 6.07) is 12.7. The van der Waals surface area contributed by atoms with Crippen molar-refractivity contribution in [2.75, 3.05) is 79.6 Å². The number of ether oxygens (including phenoxy) is 1. The molecule has 0 unspecified atom stereocenters. The molecule has 2 aliphatic rings. The number of hydrogen-bond acceptors (Lipinski definition) is 6. The van der Waals surface area contributed by atoms with E-state index >= 15 is 0 Å². The molecule has 1 aromatic carbocycles. The zero-order valence-electron chi connectivity index (χ0n) is 24.2. The van der Waals surface area contributed by atoms with E-state index in [4.69, 9.17) is 9.72 Å². The van der Waals surface area contributed by atoms with Gasteiger partial charge in [-0.15, -0.1) is 0 Å². The smallest absolute Gasteiger partial charge is 0.257 e. The fraction of sp³-hybridized carbons (Fsp3) is 0.548. The lowest BCUT2D eigenvalue weighted by atomic mass is 10.1. The van der Waals surface area contributed by atoms with Crippen LogP contribution >= 0.6 is 0 Å². The minimum Gasteiger partial charge on any atom is -0.481 e. The number of aromatic nitrogens is 2. The number of pyridine rings is 1. The Labute approximate surface area is 233 Å². The Morgan fingerprint density at radius 3 is 2.33 bits per heavy atom. The summed E-state index contributed by atoms with van der Waals surface area (Å²) in [5.74, 6) is 0.640. The minimum atomic E-state index is 0.0920. The van der Waals surface area contributed by atoms with E-state index in [1.165, 1.54) is 11.1 Å². The monoisotopic (exact) mass is 532 g/mol. The van der Waals surface area contributed by atoms with Crippen LogP contribution in [0.1, 0.15) is 33.6 Å². The predicted molar refractivity (Wildman–Crippen MR) is 157 cm³/mol. The number of carbonyl (C=O) groups is 1. The number of hydrogen-bond donors (Lipinski definition) is 0. The van der Waals surface area contributed by atoms with E-state index in [0.29, 0.717) is 5.88 Å². The Morgan fingerprint density at radius 1 is 0.897 bits per heavy atom. The summed E-state index contributed by atoms with van der Waals surface area (Å²) in [6.07, 6.45) is 2.09. The van der Waals surface area contributed by atoms with Crippen LogP contribution in [0.2, 0.25) is 0 Å². The summed E-state index contributed by atoms with van der Waals surface area (Å²) < 4.78 is 7.74. The zero-order chi connectivity index (χ0) is 27.4. The first-order valence-corrected chi connectivity index (χ1v) is 14.4. The topological polar surface area (TPSA) is 57.1 Å². The van der Waals surface area contributed by atoms with E-state index in [0.717, 1.165) is 107 Å². The van der Waals surface area contributed by atoms with Gasteiger partial charge in [0.05, 0.1) is 18.2 Å². The Morgan fingerprint density at radius 2 is 1.62 bits per heavy atom. The van der Waals surface area contributed by atoms with Crippen LogP contribution in [0.4, 0.5) is 0 Å². The van der Waals surface area contributed by atoms with E-state index in [9.17, 15) is 4.79 Å². The summed E-state index contributed by atoms with van der Waals surface area (Å²) in [4.78, 5) is 28.1. The van der Waals surface area contributed by atoms with E-state index in [1.807, 2.05) is 11.0 Å². The van der Waals surface area contributed by atoms with Crippen molar-refractivity contribution >= 4 is 16.9 Å². The number of likely N-dealkylation sites (N-methyl/N-ethyl adjacent to an activating group) is 1. The molecule has 2 aromatic heterocycles. The molecule has 5 rings (SSSR count). The molecule has 4 heterocycles. The Hall–Kier alpha value is -2.94. The molecule has 8 heteroatoms. The maximum Gasteiger partial charge on any atom is 0.257 e. The number of fused-ring (bicyclic) bond motifs is 1. The highest BCUT2D eigenvalue weighted by atomic mass is 16.5. The molecular formula is C31H44N6O2. The molecular weight excluding hydrogens is 488 g/mol. The van der Waals surface area contributed by atoms with Gasteiger partial charge in [-0.3, -0.25) is 9.69 Å². The third-order valence-corrected chi connectivity index (χ3v) is 8.48. The maximum absolute atomic E-state index is 13.9. The summed E-state index contributed by atoms with van der Waals surface area (Å²) in [5, 5.41) is 0. The summed E-state index contributed by atoms with van der Waals surface area (Å²) in [6.45, 7) is 15.0. The maximum atomic E-state index is 13.9. The molecule has 0 atom stereocenters. The lowest BCUT2D eigenvalue weighted by molar-refractivity contribution is 0.0639. The van der Waals surface area contributed by atoms with E-state index < -0.39 is 0 Å². The van der Waals surface area contributed by atoms with Crippen LogP contribution in [0, 0.1) is 13.8 Å². The van der Waals surface area contributed by atoms with E-state index in [1.54, 1.807) is 7.11 Å². The van der Waals surface area contributed by atoms with Gasteiger partial charge in [-0.25, -0.2) is 4.98 Å². The van der Waals surface area contributed by atoms with Crippen LogP contribution < -0.4 is 4.74 Å². The molecule has 0 aliphatic carbocycles. The van der Waals surface area contributed by atoms with Gasteiger partial charge >= 0.3 is 0 Å². The van der Waals surface area contributed by atoms with Gasteiger partial charge in [0.2, 0.25) is 5.88 Å². The van der Waals surface area contributed by atoms with E-state index in [2.05, 4.69) is 70.5 Å². The largest absolute Gasteiger partial charge is 0.481 e. The quantitative estimate of drug-likeness (QED) is 0.422. The molecule has 8 nitrogen and oxygen atoms in total. The van der Waals surface area contributed by atoms with Crippen LogP contribution in [0.5, 0.6) is 5.88 Å². The molecule has 0 N–H and O–H groups in total. The van der Waals surface area contributed by atoms with Gasteiger partial charge in [0.15, 0.2) is 0 Å². The van der Waals surface area contributed by atoms with Crippen LogP contribution in [0.15, 0.2) is 36.4 Å². The van der Waals surface area contributed by atoms with Crippen LogP contribution in [0.25, 0.3) is 11.0 Å². The van der Waals surface area contributed by atoms with Crippen molar-refractivity contribution in [2.45, 2.75) is 33.2 Å². The lowest BCUT2D eigenvalue weighted by Gasteiger charge is -2.34. The molecule has 2 saturated heterocycles. The van der Waals surface area contributed by atoms with Crippen LogP contribution in [0.3, 0.4) is 0 Å². The molecule has 2 aliphatic heterocycles. The van der Waals surface area contributed by atoms with Crippen molar-refractivity contribution in [2.24, 2.45) is 0 Å². The normalized spacial score (nSPS) is 17.7. The highest BCUT2D eigenvalue weighted by Gasteiger charge is 2.28. The lowest BCUT2D eigenvalue weighted by Crippen LogP contribution is -2.49. The Balaban J connectivity index is 1.25. The van der Waals surface area contributed by atoms with Crippen molar-refractivity contribution in [3.8, 4) is 5.88 Å². The Kier molecular flexibility index (Phi) is 8.85.